The molecule has 0 aliphatic rings. The minimum Gasteiger partial charge on any atom is -0.489 e. The zero-order chi connectivity index (χ0) is 16.2. The Morgan fingerprint density at radius 3 is 2.23 bits per heavy atom. The van der Waals surface area contributed by atoms with E-state index in [1.165, 1.54) is 6.07 Å². The first-order chi connectivity index (χ1) is 10.4. The normalized spacial score (nSPS) is 11.3. The molecule has 0 saturated heterocycles. The van der Waals surface area contributed by atoms with Crippen LogP contribution in [0, 0.1) is 0 Å². The second kappa shape index (κ2) is 6.60. The van der Waals surface area contributed by atoms with Crippen LogP contribution < -0.4 is 4.74 Å². The SMILES string of the molecule is O=Cc1ccc(OCc2ccc(C(F)(F)F)cc2CF)cc1. The quantitative estimate of drug-likeness (QED) is 0.597. The van der Waals surface area contributed by atoms with E-state index in [1.807, 2.05) is 0 Å². The van der Waals surface area contributed by atoms with E-state index in [4.69, 9.17) is 4.74 Å². The minimum atomic E-state index is -4.51. The molecule has 0 N–H and O–H groups in total. The zero-order valence-corrected chi connectivity index (χ0v) is 11.4. The minimum absolute atomic E-state index is 0.0562. The molecule has 0 aliphatic carbocycles. The van der Waals surface area contributed by atoms with Crippen LogP contribution in [0.1, 0.15) is 27.0 Å². The summed E-state index contributed by atoms with van der Waals surface area (Å²) >= 11 is 0. The number of hydrogen-bond acceptors (Lipinski definition) is 2. The number of halogens is 4. The number of carbonyl (C=O) groups excluding carboxylic acids is 1. The van der Waals surface area contributed by atoms with Gasteiger partial charge in [0, 0.05) is 5.56 Å². The molecule has 0 fully saturated rings. The van der Waals surface area contributed by atoms with Gasteiger partial charge in [-0.15, -0.1) is 0 Å². The van der Waals surface area contributed by atoms with Gasteiger partial charge in [-0.3, -0.25) is 4.79 Å². The Bertz CT molecular complexity index is 648. The van der Waals surface area contributed by atoms with Crippen molar-refractivity contribution in [3.8, 4) is 5.75 Å². The summed E-state index contributed by atoms with van der Waals surface area (Å²) in [7, 11) is 0. The number of ether oxygens (including phenoxy) is 1. The molecule has 0 atom stereocenters. The predicted octanol–water partition coefficient (Wildman–Crippen LogP) is 4.57. The van der Waals surface area contributed by atoms with E-state index in [-0.39, 0.29) is 12.2 Å². The van der Waals surface area contributed by atoms with E-state index < -0.39 is 18.4 Å². The fraction of sp³-hybridized carbons (Fsp3) is 0.188. The van der Waals surface area contributed by atoms with E-state index in [0.29, 0.717) is 23.2 Å². The Morgan fingerprint density at radius 1 is 1.00 bits per heavy atom. The van der Waals surface area contributed by atoms with Gasteiger partial charge in [-0.2, -0.15) is 13.2 Å². The molecule has 2 nitrogen and oxygen atoms in total. The van der Waals surface area contributed by atoms with Crippen LogP contribution in [0.5, 0.6) is 5.75 Å². The standard InChI is InChI=1S/C16H12F4O2/c17-8-13-7-14(16(18,19)20)4-3-12(13)10-22-15-5-1-11(9-21)2-6-15/h1-7,9H,8,10H2. The molecule has 0 saturated carbocycles. The second-order valence-corrected chi connectivity index (χ2v) is 4.59. The van der Waals surface area contributed by atoms with Crippen LogP contribution in [0.25, 0.3) is 0 Å². The molecular weight excluding hydrogens is 300 g/mol. The molecule has 0 bridgehead atoms. The van der Waals surface area contributed by atoms with Gasteiger partial charge in [0.25, 0.3) is 0 Å². The molecule has 0 heterocycles. The Labute approximate surface area is 124 Å². The van der Waals surface area contributed by atoms with Crippen LogP contribution in [0.2, 0.25) is 0 Å². The van der Waals surface area contributed by atoms with Crippen molar-refractivity contribution in [2.75, 3.05) is 0 Å². The van der Waals surface area contributed by atoms with Crippen molar-refractivity contribution >= 4 is 6.29 Å². The van der Waals surface area contributed by atoms with E-state index in [9.17, 15) is 22.4 Å². The molecule has 0 aromatic heterocycles. The van der Waals surface area contributed by atoms with Gasteiger partial charge in [-0.05, 0) is 47.5 Å². The van der Waals surface area contributed by atoms with Gasteiger partial charge >= 0.3 is 6.18 Å². The predicted molar refractivity (Wildman–Crippen MR) is 72.4 cm³/mol. The van der Waals surface area contributed by atoms with Gasteiger partial charge in [-0.1, -0.05) is 6.07 Å². The molecule has 2 aromatic carbocycles. The number of alkyl halides is 4. The average Bonchev–Trinajstić information content (AvgIpc) is 2.52. The summed E-state index contributed by atoms with van der Waals surface area (Å²) in [6, 6.07) is 9.10. The largest absolute Gasteiger partial charge is 0.489 e. The molecule has 2 aromatic rings. The van der Waals surface area contributed by atoms with Gasteiger partial charge in [-0.25, -0.2) is 4.39 Å². The highest BCUT2D eigenvalue weighted by molar-refractivity contribution is 5.74. The maximum Gasteiger partial charge on any atom is 0.416 e. The molecule has 22 heavy (non-hydrogen) atoms. The maximum atomic E-state index is 12.9. The summed E-state index contributed by atoms with van der Waals surface area (Å²) in [5, 5.41) is 0. The van der Waals surface area contributed by atoms with Crippen LogP contribution >= 0.6 is 0 Å². The van der Waals surface area contributed by atoms with Gasteiger partial charge in [0.15, 0.2) is 0 Å². The highest BCUT2D eigenvalue weighted by Crippen LogP contribution is 2.31. The first-order valence-electron chi connectivity index (χ1n) is 6.37. The Hall–Kier alpha value is -2.37. The lowest BCUT2D eigenvalue weighted by Crippen LogP contribution is -2.07. The Morgan fingerprint density at radius 2 is 1.68 bits per heavy atom. The molecule has 0 aliphatic heterocycles. The van der Waals surface area contributed by atoms with Crippen LogP contribution in [0.4, 0.5) is 17.6 Å². The number of carbonyl (C=O) groups is 1. The average molecular weight is 312 g/mol. The topological polar surface area (TPSA) is 26.3 Å². The van der Waals surface area contributed by atoms with E-state index >= 15 is 0 Å². The summed E-state index contributed by atoms with van der Waals surface area (Å²) in [6.07, 6.45) is -3.82. The fourth-order valence-electron chi connectivity index (χ4n) is 1.87. The monoisotopic (exact) mass is 312 g/mol. The van der Waals surface area contributed by atoms with Crippen molar-refractivity contribution in [1.29, 1.82) is 0 Å². The van der Waals surface area contributed by atoms with Crippen LogP contribution in [0.15, 0.2) is 42.5 Å². The lowest BCUT2D eigenvalue weighted by Gasteiger charge is -2.12. The van der Waals surface area contributed by atoms with Crippen LogP contribution in [-0.2, 0) is 19.5 Å². The van der Waals surface area contributed by atoms with Gasteiger partial charge in [0.1, 0.15) is 25.3 Å². The third-order valence-corrected chi connectivity index (χ3v) is 3.09. The van der Waals surface area contributed by atoms with Gasteiger partial charge in [0.05, 0.1) is 5.56 Å². The highest BCUT2D eigenvalue weighted by Gasteiger charge is 2.30. The van der Waals surface area contributed by atoms with Crippen molar-refractivity contribution in [2.24, 2.45) is 0 Å². The van der Waals surface area contributed by atoms with Crippen molar-refractivity contribution in [3.63, 3.8) is 0 Å². The molecular formula is C16H12F4O2. The maximum absolute atomic E-state index is 12.9. The summed E-state index contributed by atoms with van der Waals surface area (Å²) < 4.78 is 56.0. The van der Waals surface area contributed by atoms with Crippen molar-refractivity contribution in [1.82, 2.24) is 0 Å². The Kier molecular flexibility index (Phi) is 4.80. The Balaban J connectivity index is 2.13. The van der Waals surface area contributed by atoms with Crippen molar-refractivity contribution in [2.45, 2.75) is 19.5 Å². The lowest BCUT2D eigenvalue weighted by atomic mass is 10.0. The van der Waals surface area contributed by atoms with Crippen molar-refractivity contribution < 1.29 is 27.1 Å². The van der Waals surface area contributed by atoms with E-state index in [0.717, 1.165) is 12.1 Å². The summed E-state index contributed by atoms with van der Waals surface area (Å²) in [5.41, 5.74) is -0.125. The molecule has 0 radical (unpaired) electrons. The molecule has 0 amide bonds. The van der Waals surface area contributed by atoms with Crippen LogP contribution in [-0.4, -0.2) is 6.29 Å². The highest BCUT2D eigenvalue weighted by atomic mass is 19.4. The zero-order valence-electron chi connectivity index (χ0n) is 11.4. The molecule has 2 rings (SSSR count). The van der Waals surface area contributed by atoms with Gasteiger partial charge in [0.2, 0.25) is 0 Å². The lowest BCUT2D eigenvalue weighted by molar-refractivity contribution is -0.137. The molecule has 6 heteroatoms. The molecule has 116 valence electrons. The number of aldehydes is 1. The summed E-state index contributed by atoms with van der Waals surface area (Å²) in [6.45, 7) is -1.06. The van der Waals surface area contributed by atoms with Crippen molar-refractivity contribution in [3.05, 3.63) is 64.7 Å². The number of rotatable bonds is 5. The number of benzene rings is 2. The fourth-order valence-corrected chi connectivity index (χ4v) is 1.87. The first-order valence-corrected chi connectivity index (χ1v) is 6.37. The first kappa shape index (κ1) is 16.0. The molecule has 0 spiro atoms. The third-order valence-electron chi connectivity index (χ3n) is 3.09. The van der Waals surface area contributed by atoms with Crippen LogP contribution in [0.3, 0.4) is 0 Å². The summed E-state index contributed by atoms with van der Waals surface area (Å²) in [5.74, 6) is 0.440. The number of hydrogen-bond donors (Lipinski definition) is 0. The van der Waals surface area contributed by atoms with Gasteiger partial charge < -0.3 is 4.74 Å². The van der Waals surface area contributed by atoms with E-state index in [1.54, 1.807) is 24.3 Å². The molecule has 0 unspecified atom stereocenters. The van der Waals surface area contributed by atoms with E-state index in [2.05, 4.69) is 0 Å². The smallest absolute Gasteiger partial charge is 0.416 e. The third kappa shape index (κ3) is 3.84. The summed E-state index contributed by atoms with van der Waals surface area (Å²) in [4.78, 5) is 10.5. The second-order valence-electron chi connectivity index (χ2n) is 4.59.